The molecule has 0 bridgehead atoms. The van der Waals surface area contributed by atoms with Crippen LogP contribution in [0.4, 0.5) is 5.95 Å². The number of likely N-dealkylation sites (N-methyl/N-ethyl adjacent to an activating group) is 1. The van der Waals surface area contributed by atoms with Crippen LogP contribution in [0.3, 0.4) is 0 Å². The maximum absolute atomic E-state index is 4.54. The van der Waals surface area contributed by atoms with E-state index in [2.05, 4.69) is 65.7 Å². The van der Waals surface area contributed by atoms with Gasteiger partial charge in [0.2, 0.25) is 5.95 Å². The first-order chi connectivity index (χ1) is 13.8. The molecule has 2 aromatic rings. The summed E-state index contributed by atoms with van der Waals surface area (Å²) in [7, 11) is 1.87. The number of hydrogen-bond donors (Lipinski definition) is 1. The maximum Gasteiger partial charge on any atom is 0.225 e. The van der Waals surface area contributed by atoms with Gasteiger partial charge in [-0.3, -0.25) is 9.89 Å². The average molecular weight is 529 g/mol. The molecule has 0 saturated carbocycles. The molecular weight excluding hydrogens is 497 g/mol. The number of rotatable bonds is 7. The summed E-state index contributed by atoms with van der Waals surface area (Å²) in [6, 6.07) is 4.44. The lowest BCUT2D eigenvalue weighted by Crippen LogP contribution is -2.53. The van der Waals surface area contributed by atoms with Crippen LogP contribution in [0, 0.1) is 0 Å². The van der Waals surface area contributed by atoms with Crippen LogP contribution in [-0.4, -0.2) is 78.6 Å². The molecule has 29 heavy (non-hydrogen) atoms. The highest BCUT2D eigenvalue weighted by atomic mass is 127. The molecule has 0 aliphatic carbocycles. The van der Waals surface area contributed by atoms with Crippen molar-refractivity contribution in [2.75, 3.05) is 57.8 Å². The van der Waals surface area contributed by atoms with Crippen LogP contribution in [0.2, 0.25) is 0 Å². The molecule has 2 aromatic heterocycles. The second-order valence-electron chi connectivity index (χ2n) is 6.74. The summed E-state index contributed by atoms with van der Waals surface area (Å²) in [5.74, 6) is 1.78. The predicted octanol–water partition coefficient (Wildman–Crippen LogP) is 2.94. The summed E-state index contributed by atoms with van der Waals surface area (Å²) < 4.78 is 0. The van der Waals surface area contributed by atoms with Crippen LogP contribution in [-0.2, 0) is 0 Å². The monoisotopic (exact) mass is 529 g/mol. The number of guanidine groups is 1. The van der Waals surface area contributed by atoms with E-state index in [0.29, 0.717) is 6.04 Å². The van der Waals surface area contributed by atoms with E-state index < -0.39 is 0 Å². The van der Waals surface area contributed by atoms with E-state index in [0.717, 1.165) is 57.7 Å². The zero-order valence-corrected chi connectivity index (χ0v) is 20.6. The van der Waals surface area contributed by atoms with Gasteiger partial charge in [0.25, 0.3) is 0 Å². The number of aliphatic imine (C=N–C) groups is 1. The minimum Gasteiger partial charge on any atom is -0.354 e. The van der Waals surface area contributed by atoms with E-state index in [1.807, 2.05) is 13.1 Å². The lowest BCUT2D eigenvalue weighted by atomic mass is 10.1. The Morgan fingerprint density at radius 3 is 2.45 bits per heavy atom. The Morgan fingerprint density at radius 2 is 1.90 bits per heavy atom. The number of nitrogens with zero attached hydrogens (tertiary/aromatic N) is 6. The molecule has 1 fully saturated rings. The van der Waals surface area contributed by atoms with E-state index in [1.165, 1.54) is 5.56 Å². The fourth-order valence-electron chi connectivity index (χ4n) is 3.68. The summed E-state index contributed by atoms with van der Waals surface area (Å²) in [5.41, 5.74) is 1.38. The number of aromatic nitrogens is 2. The van der Waals surface area contributed by atoms with Gasteiger partial charge in [0.05, 0.1) is 6.04 Å². The van der Waals surface area contributed by atoms with Crippen molar-refractivity contribution in [3.8, 4) is 0 Å². The molecule has 1 saturated heterocycles. The molecule has 1 aliphatic rings. The summed E-state index contributed by atoms with van der Waals surface area (Å²) in [4.78, 5) is 20.3. The minimum absolute atomic E-state index is 0. The summed E-state index contributed by atoms with van der Waals surface area (Å²) in [6.45, 7) is 11.0. The van der Waals surface area contributed by atoms with E-state index >= 15 is 0 Å². The van der Waals surface area contributed by atoms with Crippen LogP contribution in [0.5, 0.6) is 0 Å². The molecule has 3 heterocycles. The van der Waals surface area contributed by atoms with E-state index in [-0.39, 0.29) is 24.0 Å². The standard InChI is InChI=1S/C20H31N7S.HI/c1-4-25(5-2)18(17-7-14-28-16-17)15-24-19(21-3)26-10-12-27(13-11-26)20-22-8-6-9-23-20;/h6-9,14,16,18H,4-5,10-13,15H2,1-3H3,(H,21,24);1H. The number of piperazine rings is 1. The van der Waals surface area contributed by atoms with Crippen molar-refractivity contribution in [1.82, 2.24) is 25.1 Å². The molecule has 1 unspecified atom stereocenters. The first-order valence-corrected chi connectivity index (χ1v) is 10.9. The Bertz CT molecular complexity index is 714. The molecule has 1 N–H and O–H groups in total. The predicted molar refractivity (Wildman–Crippen MR) is 133 cm³/mol. The Labute approximate surface area is 195 Å². The Balaban J connectivity index is 0.00000300. The van der Waals surface area contributed by atoms with Gasteiger partial charge < -0.3 is 15.1 Å². The molecule has 0 amide bonds. The number of anilines is 1. The van der Waals surface area contributed by atoms with Gasteiger partial charge in [-0.05, 0) is 41.5 Å². The molecule has 1 atom stereocenters. The molecule has 9 heteroatoms. The molecular formula is C20H32IN7S. The lowest BCUT2D eigenvalue weighted by molar-refractivity contribution is 0.217. The zero-order chi connectivity index (χ0) is 19.8. The Morgan fingerprint density at radius 1 is 1.21 bits per heavy atom. The van der Waals surface area contributed by atoms with Crippen LogP contribution in [0.1, 0.15) is 25.5 Å². The smallest absolute Gasteiger partial charge is 0.225 e. The van der Waals surface area contributed by atoms with Crippen molar-refractivity contribution in [1.29, 1.82) is 0 Å². The molecule has 7 nitrogen and oxygen atoms in total. The second-order valence-corrected chi connectivity index (χ2v) is 7.52. The fraction of sp³-hybridized carbons (Fsp3) is 0.550. The number of thiophene rings is 1. The van der Waals surface area contributed by atoms with Crippen LogP contribution in [0.25, 0.3) is 0 Å². The summed E-state index contributed by atoms with van der Waals surface area (Å²) in [6.07, 6.45) is 3.60. The molecule has 0 aromatic carbocycles. The van der Waals surface area contributed by atoms with E-state index in [1.54, 1.807) is 23.7 Å². The van der Waals surface area contributed by atoms with Crippen LogP contribution >= 0.6 is 35.3 Å². The fourth-order valence-corrected chi connectivity index (χ4v) is 4.39. The average Bonchev–Trinajstić information content (AvgIpc) is 3.29. The van der Waals surface area contributed by atoms with Gasteiger partial charge in [-0.1, -0.05) is 13.8 Å². The van der Waals surface area contributed by atoms with Gasteiger partial charge in [0.1, 0.15) is 0 Å². The quantitative estimate of drug-likeness (QED) is 0.338. The molecule has 0 radical (unpaired) electrons. The molecule has 0 spiro atoms. The zero-order valence-electron chi connectivity index (χ0n) is 17.5. The third-order valence-corrected chi connectivity index (χ3v) is 5.96. The summed E-state index contributed by atoms with van der Waals surface area (Å²) >= 11 is 1.76. The molecule has 3 rings (SSSR count). The molecule has 1 aliphatic heterocycles. The minimum atomic E-state index is 0. The third-order valence-electron chi connectivity index (χ3n) is 5.26. The third kappa shape index (κ3) is 6.26. The largest absolute Gasteiger partial charge is 0.354 e. The number of hydrogen-bond acceptors (Lipinski definition) is 6. The highest BCUT2D eigenvalue weighted by Crippen LogP contribution is 2.22. The first kappa shape index (κ1) is 23.8. The van der Waals surface area contributed by atoms with Gasteiger partial charge >= 0.3 is 0 Å². The van der Waals surface area contributed by atoms with Crippen molar-refractivity contribution in [3.05, 3.63) is 40.8 Å². The van der Waals surface area contributed by atoms with E-state index in [9.17, 15) is 0 Å². The SMILES string of the molecule is CCN(CC)C(CNC(=NC)N1CCN(c2ncccn2)CC1)c1ccsc1.I. The highest BCUT2D eigenvalue weighted by molar-refractivity contribution is 14.0. The van der Waals surface area contributed by atoms with Crippen molar-refractivity contribution in [2.24, 2.45) is 4.99 Å². The van der Waals surface area contributed by atoms with E-state index in [4.69, 9.17) is 0 Å². The van der Waals surface area contributed by atoms with Crippen LogP contribution < -0.4 is 10.2 Å². The van der Waals surface area contributed by atoms with Gasteiger partial charge in [-0.15, -0.1) is 24.0 Å². The first-order valence-electron chi connectivity index (χ1n) is 10.0. The Hall–Kier alpha value is -1.46. The van der Waals surface area contributed by atoms with Crippen LogP contribution in [0.15, 0.2) is 40.3 Å². The van der Waals surface area contributed by atoms with Crippen molar-refractivity contribution in [2.45, 2.75) is 19.9 Å². The van der Waals surface area contributed by atoms with Gasteiger partial charge in [0.15, 0.2) is 5.96 Å². The maximum atomic E-state index is 4.54. The molecule has 160 valence electrons. The van der Waals surface area contributed by atoms with Crippen molar-refractivity contribution in [3.63, 3.8) is 0 Å². The van der Waals surface area contributed by atoms with Crippen molar-refractivity contribution >= 4 is 47.2 Å². The lowest BCUT2D eigenvalue weighted by Gasteiger charge is -2.37. The normalized spacial score (nSPS) is 15.9. The van der Waals surface area contributed by atoms with Gasteiger partial charge in [0, 0.05) is 52.2 Å². The number of nitrogens with one attached hydrogen (secondary N) is 1. The Kier molecular flexibility index (Phi) is 10.1. The topological polar surface area (TPSA) is 59.9 Å². The van der Waals surface area contributed by atoms with Crippen molar-refractivity contribution < 1.29 is 0 Å². The van der Waals surface area contributed by atoms with Gasteiger partial charge in [-0.25, -0.2) is 9.97 Å². The summed E-state index contributed by atoms with van der Waals surface area (Å²) in [5, 5.41) is 8.03. The highest BCUT2D eigenvalue weighted by Gasteiger charge is 2.23. The second kappa shape index (κ2) is 12.3. The van der Waals surface area contributed by atoms with Gasteiger partial charge in [-0.2, -0.15) is 11.3 Å². The number of halogens is 1.